The van der Waals surface area contributed by atoms with Gasteiger partial charge in [0.2, 0.25) is 0 Å². The van der Waals surface area contributed by atoms with E-state index in [2.05, 4.69) is 24.8 Å². The van der Waals surface area contributed by atoms with Crippen molar-refractivity contribution in [1.82, 2.24) is 0 Å². The van der Waals surface area contributed by atoms with Crippen LogP contribution in [0.2, 0.25) is 0 Å². The van der Waals surface area contributed by atoms with Crippen LogP contribution in [0.4, 0.5) is 0 Å². The van der Waals surface area contributed by atoms with E-state index >= 15 is 0 Å². The first kappa shape index (κ1) is 49.5. The molecule has 3 aliphatic rings. The van der Waals surface area contributed by atoms with Gasteiger partial charge in [-0.2, -0.15) is 0 Å². The molecule has 0 aromatic heterocycles. The van der Waals surface area contributed by atoms with Gasteiger partial charge in [0.25, 0.3) is 0 Å². The van der Waals surface area contributed by atoms with E-state index in [1.807, 2.05) is 19.1 Å². The molecule has 0 amide bonds. The lowest BCUT2D eigenvalue weighted by Gasteiger charge is -2.40. The van der Waals surface area contributed by atoms with Gasteiger partial charge in [0.05, 0.1) is 42.7 Å². The van der Waals surface area contributed by atoms with Gasteiger partial charge in [-0.05, 0) is 83.3 Å². The molecule has 328 valence electrons. The molecular weight excluding hydrogens is 732 g/mol. The van der Waals surface area contributed by atoms with E-state index in [-0.39, 0.29) is 88.1 Å². The number of hydrogen-bond acceptors (Lipinski definition) is 12. The minimum Gasteiger partial charge on any atom is -0.455 e. The van der Waals surface area contributed by atoms with E-state index in [1.165, 1.54) is 44.9 Å². The van der Waals surface area contributed by atoms with Crippen molar-refractivity contribution >= 4 is 5.97 Å². The molecule has 2 fully saturated rings. The Morgan fingerprint density at radius 3 is 2.04 bits per heavy atom. The standard InChI is InChI=1S/C45H76O12/c1-7-8-9-10-11-12-16-19-22-42-39(52-32-48-4)27-28-44(57-42)41(54-34-50-6)26-25-40(53-33-49-5)43-24-23-37(56-43)20-17-14-13-15-18-21-38(51-31-47-3)30-36-29-35(2)55-45(36)46/h13-14,29,35,37-44H,7-12,15-16,18-19,21-28,30-34H2,1-6H3/b14-13+/t35-,37+,38+,39+,40-,41-,42-,43-,44-/m0/s1. The highest BCUT2D eigenvalue weighted by Crippen LogP contribution is 2.32. The van der Waals surface area contributed by atoms with Crippen LogP contribution >= 0.6 is 0 Å². The van der Waals surface area contributed by atoms with E-state index in [1.54, 1.807) is 28.4 Å². The van der Waals surface area contributed by atoms with E-state index in [9.17, 15) is 4.79 Å². The molecule has 0 unspecified atom stereocenters. The summed E-state index contributed by atoms with van der Waals surface area (Å²) < 4.78 is 63.9. The summed E-state index contributed by atoms with van der Waals surface area (Å²) in [6.07, 6.45) is 24.0. The predicted molar refractivity (Wildman–Crippen MR) is 218 cm³/mol. The van der Waals surface area contributed by atoms with Crippen molar-refractivity contribution < 1.29 is 56.9 Å². The van der Waals surface area contributed by atoms with Gasteiger partial charge in [0.1, 0.15) is 39.4 Å². The van der Waals surface area contributed by atoms with Crippen LogP contribution in [0.1, 0.15) is 136 Å². The normalized spacial score (nSPS) is 25.3. The van der Waals surface area contributed by atoms with Crippen molar-refractivity contribution in [3.63, 3.8) is 0 Å². The van der Waals surface area contributed by atoms with Gasteiger partial charge in [0.15, 0.2) is 0 Å². The van der Waals surface area contributed by atoms with Crippen LogP contribution in [-0.4, -0.2) is 117 Å². The van der Waals surface area contributed by atoms with Gasteiger partial charge < -0.3 is 52.1 Å². The quantitative estimate of drug-likeness (QED) is 0.0281. The second-order valence-electron chi connectivity index (χ2n) is 15.5. The van der Waals surface area contributed by atoms with Crippen molar-refractivity contribution in [2.24, 2.45) is 0 Å². The van der Waals surface area contributed by atoms with Gasteiger partial charge in [-0.3, -0.25) is 0 Å². The van der Waals surface area contributed by atoms with E-state index < -0.39 is 0 Å². The molecule has 0 spiro atoms. The molecule has 0 bridgehead atoms. The Kier molecular flexibility index (Phi) is 26.9. The van der Waals surface area contributed by atoms with E-state index in [0.29, 0.717) is 12.0 Å². The number of allylic oxidation sites excluding steroid dienone is 2. The van der Waals surface area contributed by atoms with Crippen molar-refractivity contribution in [2.75, 3.05) is 55.6 Å². The molecule has 0 saturated carbocycles. The van der Waals surface area contributed by atoms with Gasteiger partial charge in [-0.25, -0.2) is 4.79 Å². The molecule has 2 saturated heterocycles. The van der Waals surface area contributed by atoms with E-state index in [4.69, 9.17) is 52.1 Å². The van der Waals surface area contributed by atoms with Crippen LogP contribution in [-0.2, 0) is 56.9 Å². The number of carbonyl (C=O) groups is 1. The summed E-state index contributed by atoms with van der Waals surface area (Å²) in [5.41, 5.74) is 0.674. The lowest BCUT2D eigenvalue weighted by Crippen LogP contribution is -2.46. The second kappa shape index (κ2) is 31.1. The lowest BCUT2D eigenvalue weighted by atomic mass is 9.92. The number of esters is 1. The van der Waals surface area contributed by atoms with Gasteiger partial charge >= 0.3 is 5.97 Å². The molecule has 3 heterocycles. The van der Waals surface area contributed by atoms with Gasteiger partial charge in [-0.15, -0.1) is 0 Å². The molecular formula is C45H76O12. The Morgan fingerprint density at radius 2 is 1.39 bits per heavy atom. The average Bonchev–Trinajstić information content (AvgIpc) is 3.82. The maximum Gasteiger partial charge on any atom is 0.334 e. The highest BCUT2D eigenvalue weighted by Gasteiger charge is 2.38. The average molecular weight is 809 g/mol. The Hall–Kier alpha value is -1.89. The SMILES string of the molecule is CCCCCCCCCC[C@@H]1O[C@H]([C@H](CC[C@H](OCOC)[C@@H]2CC[C@@H](C#C/C=C/CCC[C@H](CC3=C[C@H](C)OC3=O)OCOC)O2)OCOC)CC[C@H]1OCOC. The topological polar surface area (TPSA) is 119 Å². The number of ether oxygens (including phenoxy) is 11. The molecule has 9 atom stereocenters. The summed E-state index contributed by atoms with van der Waals surface area (Å²) in [5.74, 6) is 6.20. The third-order valence-corrected chi connectivity index (χ3v) is 10.9. The summed E-state index contributed by atoms with van der Waals surface area (Å²) in [6, 6.07) is 0. The van der Waals surface area contributed by atoms with Crippen molar-refractivity contribution in [3.8, 4) is 11.8 Å². The van der Waals surface area contributed by atoms with Gasteiger partial charge in [0, 0.05) is 40.4 Å². The van der Waals surface area contributed by atoms with Crippen LogP contribution in [0, 0.1) is 11.8 Å². The zero-order valence-corrected chi connectivity index (χ0v) is 36.1. The molecule has 3 rings (SSSR count). The molecule has 12 nitrogen and oxygen atoms in total. The first-order valence-corrected chi connectivity index (χ1v) is 21.7. The first-order valence-electron chi connectivity index (χ1n) is 21.7. The number of unbranched alkanes of at least 4 members (excludes halogenated alkanes) is 8. The number of cyclic esters (lactones) is 1. The maximum absolute atomic E-state index is 12.1. The second-order valence-corrected chi connectivity index (χ2v) is 15.5. The highest BCUT2D eigenvalue weighted by atomic mass is 16.7. The summed E-state index contributed by atoms with van der Waals surface area (Å²) in [7, 11) is 6.55. The van der Waals surface area contributed by atoms with Crippen molar-refractivity contribution in [1.29, 1.82) is 0 Å². The largest absolute Gasteiger partial charge is 0.455 e. The fourth-order valence-electron chi connectivity index (χ4n) is 7.86. The Balaban J connectivity index is 1.49. The zero-order chi connectivity index (χ0) is 40.9. The summed E-state index contributed by atoms with van der Waals surface area (Å²) in [6.45, 7) is 4.96. The summed E-state index contributed by atoms with van der Waals surface area (Å²) >= 11 is 0. The Morgan fingerprint density at radius 1 is 0.754 bits per heavy atom. The minimum atomic E-state index is -0.258. The Bertz CT molecular complexity index is 1170. The molecule has 0 aromatic carbocycles. The van der Waals surface area contributed by atoms with Crippen LogP contribution in [0.15, 0.2) is 23.8 Å². The lowest BCUT2D eigenvalue weighted by molar-refractivity contribution is -0.211. The van der Waals surface area contributed by atoms with Crippen LogP contribution < -0.4 is 0 Å². The minimum absolute atomic E-state index is 0.00231. The number of carbonyl (C=O) groups excluding carboxylic acids is 1. The summed E-state index contributed by atoms with van der Waals surface area (Å²) in [4.78, 5) is 12.1. The monoisotopic (exact) mass is 809 g/mol. The third kappa shape index (κ3) is 20.3. The fraction of sp³-hybridized carbons (Fsp3) is 0.844. The van der Waals surface area contributed by atoms with E-state index in [0.717, 1.165) is 70.6 Å². The number of hydrogen-bond donors (Lipinski definition) is 0. The van der Waals surface area contributed by atoms with Crippen LogP contribution in [0.25, 0.3) is 0 Å². The van der Waals surface area contributed by atoms with Crippen LogP contribution in [0.3, 0.4) is 0 Å². The molecule has 0 aliphatic carbocycles. The van der Waals surface area contributed by atoms with Crippen LogP contribution in [0.5, 0.6) is 0 Å². The van der Waals surface area contributed by atoms with Crippen molar-refractivity contribution in [2.45, 2.75) is 191 Å². The predicted octanol–water partition coefficient (Wildman–Crippen LogP) is 8.34. The summed E-state index contributed by atoms with van der Waals surface area (Å²) in [5, 5.41) is 0. The molecule has 0 radical (unpaired) electrons. The molecule has 0 aromatic rings. The molecule has 12 heteroatoms. The van der Waals surface area contributed by atoms with Crippen molar-refractivity contribution in [3.05, 3.63) is 23.8 Å². The zero-order valence-electron chi connectivity index (χ0n) is 36.1. The molecule has 57 heavy (non-hydrogen) atoms. The highest BCUT2D eigenvalue weighted by molar-refractivity contribution is 5.90. The molecule has 0 N–H and O–H groups in total. The smallest absolute Gasteiger partial charge is 0.334 e. The van der Waals surface area contributed by atoms with Gasteiger partial charge in [-0.1, -0.05) is 76.2 Å². The fourth-order valence-corrected chi connectivity index (χ4v) is 7.86. The first-order chi connectivity index (χ1) is 27.9. The maximum atomic E-state index is 12.1. The third-order valence-electron chi connectivity index (χ3n) is 10.9. The number of rotatable bonds is 32. The number of methoxy groups -OCH3 is 4. The molecule has 3 aliphatic heterocycles. The Labute approximate surface area is 344 Å².